The molecule has 2 amide bonds. The number of aromatic hydroxyl groups is 1. The van der Waals surface area contributed by atoms with Crippen LogP contribution in [0.4, 0.5) is 0 Å². The van der Waals surface area contributed by atoms with Crippen LogP contribution in [0, 0.1) is 5.92 Å². The van der Waals surface area contributed by atoms with Gasteiger partial charge in [-0.1, -0.05) is 62.9 Å². The smallest absolute Gasteiger partial charge is 0.248 e. The first-order valence-electron chi connectivity index (χ1n) is 14.8. The van der Waals surface area contributed by atoms with Crippen LogP contribution in [0.1, 0.15) is 70.3 Å². The third-order valence-electron chi connectivity index (χ3n) is 9.18. The average molecular weight is 534 g/mol. The van der Waals surface area contributed by atoms with E-state index < -0.39 is 17.7 Å². The molecular weight excluding hydrogens is 490 g/mol. The molecule has 2 aliphatic heterocycles. The summed E-state index contributed by atoms with van der Waals surface area (Å²) in [5, 5.41) is 23.8. The van der Waals surface area contributed by atoms with Crippen LogP contribution in [-0.4, -0.2) is 69.1 Å². The molecule has 3 aliphatic rings. The van der Waals surface area contributed by atoms with E-state index in [1.165, 1.54) is 12.0 Å². The van der Waals surface area contributed by atoms with Crippen LogP contribution in [0.15, 0.2) is 48.5 Å². The van der Waals surface area contributed by atoms with Gasteiger partial charge < -0.3 is 20.4 Å². The van der Waals surface area contributed by atoms with Gasteiger partial charge in [-0.3, -0.25) is 14.5 Å². The van der Waals surface area contributed by atoms with Gasteiger partial charge in [-0.2, -0.15) is 0 Å². The van der Waals surface area contributed by atoms with Gasteiger partial charge in [0, 0.05) is 26.2 Å². The monoisotopic (exact) mass is 533 g/mol. The normalized spacial score (nSPS) is 23.1. The number of nitrogens with one attached hydrogen (secondary N) is 1. The minimum absolute atomic E-state index is 0.0780. The number of carbonyl (C=O) groups is 2. The molecule has 210 valence electrons. The zero-order valence-electron chi connectivity index (χ0n) is 23.1. The van der Waals surface area contributed by atoms with Gasteiger partial charge in [0.2, 0.25) is 11.8 Å². The van der Waals surface area contributed by atoms with Gasteiger partial charge in [-0.05, 0) is 72.9 Å². The highest BCUT2D eigenvalue weighted by Gasteiger charge is 2.55. The molecule has 0 aromatic heterocycles. The lowest BCUT2D eigenvalue weighted by Crippen LogP contribution is -2.75. The van der Waals surface area contributed by atoms with E-state index in [-0.39, 0.29) is 23.5 Å². The molecule has 0 radical (unpaired) electrons. The number of piperazine rings is 1. The number of likely N-dealkylation sites (tertiary alicyclic amines) is 1. The van der Waals surface area contributed by atoms with E-state index in [0.29, 0.717) is 19.4 Å². The number of aliphatic hydroxyl groups excluding tert-OH is 1. The Morgan fingerprint density at radius 1 is 1.00 bits per heavy atom. The summed E-state index contributed by atoms with van der Waals surface area (Å²) in [4.78, 5) is 31.8. The quantitative estimate of drug-likeness (QED) is 0.466. The van der Waals surface area contributed by atoms with Crippen molar-refractivity contribution in [1.82, 2.24) is 15.1 Å². The Hall–Kier alpha value is -2.90. The minimum Gasteiger partial charge on any atom is -0.508 e. The fraction of sp³-hybridized carbons (Fsp3) is 0.562. The van der Waals surface area contributed by atoms with E-state index in [2.05, 4.69) is 41.4 Å². The Morgan fingerprint density at radius 3 is 2.41 bits per heavy atom. The number of amides is 2. The maximum atomic E-state index is 13.8. The Labute approximate surface area is 232 Å². The zero-order valence-corrected chi connectivity index (χ0v) is 23.1. The molecule has 5 rings (SSSR count). The first-order valence-corrected chi connectivity index (χ1v) is 14.8. The number of phenols is 1. The van der Waals surface area contributed by atoms with Gasteiger partial charge >= 0.3 is 0 Å². The van der Waals surface area contributed by atoms with E-state index in [1.807, 2.05) is 17.0 Å². The van der Waals surface area contributed by atoms with Crippen molar-refractivity contribution in [2.45, 2.75) is 88.9 Å². The number of piperidine rings is 1. The zero-order chi connectivity index (χ0) is 27.4. The van der Waals surface area contributed by atoms with Gasteiger partial charge in [0.15, 0.2) is 0 Å². The number of aliphatic hydroxyl groups is 1. The predicted molar refractivity (Wildman–Crippen MR) is 152 cm³/mol. The predicted octanol–water partition coefficient (Wildman–Crippen LogP) is 4.46. The second-order valence-corrected chi connectivity index (χ2v) is 11.7. The average Bonchev–Trinajstić information content (AvgIpc) is 2.97. The van der Waals surface area contributed by atoms with Gasteiger partial charge in [0.25, 0.3) is 0 Å². The second kappa shape index (κ2) is 12.1. The Bertz CT molecular complexity index is 1140. The second-order valence-electron chi connectivity index (χ2n) is 11.7. The number of carbonyl (C=O) groups excluding carboxylic acids is 2. The van der Waals surface area contributed by atoms with Crippen molar-refractivity contribution >= 4 is 11.8 Å². The summed E-state index contributed by atoms with van der Waals surface area (Å²) in [7, 11) is 0. The largest absolute Gasteiger partial charge is 0.508 e. The van der Waals surface area contributed by atoms with E-state index in [4.69, 9.17) is 0 Å². The topological polar surface area (TPSA) is 93.1 Å². The van der Waals surface area contributed by atoms with Crippen molar-refractivity contribution in [3.63, 3.8) is 0 Å². The summed E-state index contributed by atoms with van der Waals surface area (Å²) >= 11 is 0. The van der Waals surface area contributed by atoms with Crippen molar-refractivity contribution in [3.8, 4) is 16.9 Å². The third-order valence-corrected chi connectivity index (χ3v) is 9.18. The molecule has 3 fully saturated rings. The molecule has 2 atom stereocenters. The van der Waals surface area contributed by atoms with Crippen LogP contribution in [0.25, 0.3) is 11.1 Å². The Balaban J connectivity index is 1.27. The number of nitrogens with zero attached hydrogens (tertiary/aromatic N) is 2. The maximum Gasteiger partial charge on any atom is 0.248 e. The van der Waals surface area contributed by atoms with Crippen molar-refractivity contribution in [3.05, 3.63) is 54.1 Å². The van der Waals surface area contributed by atoms with E-state index in [9.17, 15) is 19.8 Å². The molecule has 1 spiro atoms. The van der Waals surface area contributed by atoms with Gasteiger partial charge in [0.1, 0.15) is 17.3 Å². The molecule has 7 heteroatoms. The fourth-order valence-electron chi connectivity index (χ4n) is 6.80. The highest BCUT2D eigenvalue weighted by atomic mass is 16.3. The highest BCUT2D eigenvalue weighted by molar-refractivity contribution is 6.00. The van der Waals surface area contributed by atoms with Crippen LogP contribution in [0.3, 0.4) is 0 Å². The summed E-state index contributed by atoms with van der Waals surface area (Å²) < 4.78 is 0. The maximum absolute atomic E-state index is 13.8. The molecule has 0 unspecified atom stereocenters. The highest BCUT2D eigenvalue weighted by Crippen LogP contribution is 2.36. The molecule has 2 saturated heterocycles. The molecular formula is C32H43N3O4. The number of phenolic OH excluding ortho intramolecular Hbond substituents is 1. The summed E-state index contributed by atoms with van der Waals surface area (Å²) in [6, 6.07) is 14.8. The van der Waals surface area contributed by atoms with E-state index >= 15 is 0 Å². The lowest BCUT2D eigenvalue weighted by Gasteiger charge is -2.52. The summed E-state index contributed by atoms with van der Waals surface area (Å²) in [6.07, 6.45) is 7.34. The molecule has 1 saturated carbocycles. The van der Waals surface area contributed by atoms with E-state index in [0.717, 1.165) is 69.3 Å². The Morgan fingerprint density at radius 2 is 1.72 bits per heavy atom. The van der Waals surface area contributed by atoms with Crippen LogP contribution < -0.4 is 5.32 Å². The number of unbranched alkanes of at least 4 members (excludes halogenated alkanes) is 1. The van der Waals surface area contributed by atoms with E-state index in [1.54, 1.807) is 12.1 Å². The molecule has 7 nitrogen and oxygen atoms in total. The third kappa shape index (κ3) is 5.85. The summed E-state index contributed by atoms with van der Waals surface area (Å²) in [5.41, 5.74) is 2.52. The minimum atomic E-state index is -0.834. The summed E-state index contributed by atoms with van der Waals surface area (Å²) in [6.45, 7) is 4.89. The SMILES string of the molecule is CCCCN1C(=O)[C@@H]([C@H](O)C2CCCCC2)NC(=O)C12CCN(Cc1cccc(-c3ccc(O)cc3)c1)CC2. The lowest BCUT2D eigenvalue weighted by atomic mass is 9.78. The van der Waals surface area contributed by atoms with Crippen LogP contribution in [0.2, 0.25) is 0 Å². The standard InChI is InChI=1S/C32H43N3O4/c1-2-3-18-35-30(38)28(29(37)25-9-5-4-6-10-25)33-31(39)32(35)16-19-34(20-17-32)22-23-8-7-11-26(21-23)24-12-14-27(36)15-13-24/h7-8,11-15,21,25,28-29,36-37H,2-6,9-10,16-20,22H2,1H3,(H,33,39)/t28-,29-/m1/s1. The van der Waals surface area contributed by atoms with Crippen molar-refractivity contribution in [1.29, 1.82) is 0 Å². The molecule has 1 aliphatic carbocycles. The number of benzene rings is 2. The fourth-order valence-corrected chi connectivity index (χ4v) is 6.80. The van der Waals surface area contributed by atoms with Crippen LogP contribution >= 0.6 is 0 Å². The van der Waals surface area contributed by atoms with Crippen molar-refractivity contribution in [2.75, 3.05) is 19.6 Å². The van der Waals surface area contributed by atoms with Crippen molar-refractivity contribution in [2.24, 2.45) is 5.92 Å². The molecule has 2 heterocycles. The van der Waals surface area contributed by atoms with Gasteiger partial charge in [-0.15, -0.1) is 0 Å². The molecule has 0 bridgehead atoms. The lowest BCUT2D eigenvalue weighted by molar-refractivity contribution is -0.166. The number of hydrogen-bond acceptors (Lipinski definition) is 5. The number of hydrogen-bond donors (Lipinski definition) is 3. The van der Waals surface area contributed by atoms with Gasteiger partial charge in [-0.25, -0.2) is 0 Å². The van der Waals surface area contributed by atoms with Gasteiger partial charge in [0.05, 0.1) is 6.10 Å². The Kier molecular flexibility index (Phi) is 8.57. The first-order chi connectivity index (χ1) is 18.9. The molecule has 2 aromatic rings. The van der Waals surface area contributed by atoms with Crippen molar-refractivity contribution < 1.29 is 19.8 Å². The van der Waals surface area contributed by atoms with Crippen LogP contribution in [0.5, 0.6) is 5.75 Å². The molecule has 39 heavy (non-hydrogen) atoms. The summed E-state index contributed by atoms with van der Waals surface area (Å²) in [5.74, 6) is 0.141. The molecule has 2 aromatic carbocycles. The van der Waals surface area contributed by atoms with Crippen LogP contribution in [-0.2, 0) is 16.1 Å². The number of rotatable bonds is 8. The molecule has 3 N–H and O–H groups in total. The first kappa shape index (κ1) is 27.7.